The van der Waals surface area contributed by atoms with Gasteiger partial charge in [-0.3, -0.25) is 4.90 Å². The lowest BCUT2D eigenvalue weighted by molar-refractivity contribution is 0.146. The molecule has 0 amide bonds. The second kappa shape index (κ2) is 8.08. The lowest BCUT2D eigenvalue weighted by Crippen LogP contribution is -2.51. The summed E-state index contributed by atoms with van der Waals surface area (Å²) in [7, 11) is 0. The highest BCUT2D eigenvalue weighted by Gasteiger charge is 2.30. The van der Waals surface area contributed by atoms with E-state index in [-0.39, 0.29) is 11.5 Å². The molecule has 1 fully saturated rings. The Bertz CT molecular complexity index is 729. The Morgan fingerprint density at radius 3 is 1.96 bits per heavy atom. The van der Waals surface area contributed by atoms with Crippen molar-refractivity contribution in [3.05, 3.63) is 70.7 Å². The molecule has 2 aromatic rings. The van der Waals surface area contributed by atoms with Crippen LogP contribution < -0.4 is 0 Å². The molecule has 3 rings (SSSR count). The van der Waals surface area contributed by atoms with Crippen molar-refractivity contribution in [1.82, 2.24) is 9.80 Å². The molecule has 2 nitrogen and oxygen atoms in total. The topological polar surface area (TPSA) is 6.48 Å². The van der Waals surface area contributed by atoms with Gasteiger partial charge in [-0.2, -0.15) is 0 Å². The summed E-state index contributed by atoms with van der Waals surface area (Å²) in [6.45, 7) is 10.5. The summed E-state index contributed by atoms with van der Waals surface area (Å²) >= 11 is 11.8. The molecular formula is C22H27ClN2S. The summed E-state index contributed by atoms with van der Waals surface area (Å²) in [6.07, 6.45) is 0. The Hall–Kier alpha value is -1.42. The van der Waals surface area contributed by atoms with Crippen molar-refractivity contribution >= 4 is 28.8 Å². The lowest BCUT2D eigenvalue weighted by Gasteiger charge is -2.42. The van der Waals surface area contributed by atoms with Crippen LogP contribution in [0.3, 0.4) is 0 Å². The molecule has 0 radical (unpaired) electrons. The average Bonchev–Trinajstić information content (AvgIpc) is 2.64. The second-order valence-electron chi connectivity index (χ2n) is 7.94. The fourth-order valence-corrected chi connectivity index (χ4v) is 3.86. The van der Waals surface area contributed by atoms with E-state index in [1.54, 1.807) is 0 Å². The fourth-order valence-electron chi connectivity index (χ4n) is 3.55. The van der Waals surface area contributed by atoms with Crippen LogP contribution in [0.5, 0.6) is 0 Å². The third kappa shape index (κ3) is 4.46. The van der Waals surface area contributed by atoms with E-state index in [1.807, 2.05) is 12.1 Å². The Morgan fingerprint density at radius 2 is 1.42 bits per heavy atom. The number of hydrogen-bond acceptors (Lipinski definition) is 2. The van der Waals surface area contributed by atoms with Crippen LogP contribution in [0, 0.1) is 5.41 Å². The highest BCUT2D eigenvalue weighted by molar-refractivity contribution is 7.80. The largest absolute Gasteiger partial charge is 0.363 e. The molecule has 1 aliphatic rings. The molecule has 1 saturated heterocycles. The zero-order valence-electron chi connectivity index (χ0n) is 15.8. The molecule has 0 aromatic heterocycles. The average molecular weight is 387 g/mol. The summed E-state index contributed by atoms with van der Waals surface area (Å²) in [5.74, 6) is 0. The van der Waals surface area contributed by atoms with Crippen molar-refractivity contribution in [3.8, 4) is 0 Å². The molecule has 1 atom stereocenters. The smallest absolute Gasteiger partial charge is 0.0834 e. The van der Waals surface area contributed by atoms with E-state index >= 15 is 0 Å². The van der Waals surface area contributed by atoms with Gasteiger partial charge in [-0.15, -0.1) is 0 Å². The summed E-state index contributed by atoms with van der Waals surface area (Å²) in [5.41, 5.74) is 2.65. The molecule has 138 valence electrons. The molecule has 2 aromatic carbocycles. The van der Waals surface area contributed by atoms with Crippen molar-refractivity contribution in [3.63, 3.8) is 0 Å². The van der Waals surface area contributed by atoms with E-state index in [4.69, 9.17) is 23.8 Å². The number of halogens is 1. The maximum absolute atomic E-state index is 6.11. The molecule has 0 bridgehead atoms. The number of hydrogen-bond donors (Lipinski definition) is 0. The van der Waals surface area contributed by atoms with Gasteiger partial charge in [0, 0.05) is 36.6 Å². The molecular weight excluding hydrogens is 360 g/mol. The quantitative estimate of drug-likeness (QED) is 0.650. The predicted octanol–water partition coefficient (Wildman–Crippen LogP) is 5.42. The number of nitrogens with zero attached hydrogens (tertiary/aromatic N) is 2. The van der Waals surface area contributed by atoms with E-state index in [0.717, 1.165) is 36.2 Å². The maximum atomic E-state index is 6.11. The summed E-state index contributed by atoms with van der Waals surface area (Å²) in [5, 5.41) is 0.779. The minimum Gasteiger partial charge on any atom is -0.363 e. The first kappa shape index (κ1) is 19.3. The SMILES string of the molecule is CC(C)(C)C(=S)N1CCN(C(c2ccccc2)c2ccc(Cl)cc2)CC1. The normalized spacial score (nSPS) is 17.2. The first-order chi connectivity index (χ1) is 12.4. The second-order valence-corrected chi connectivity index (χ2v) is 8.77. The highest BCUT2D eigenvalue weighted by atomic mass is 35.5. The Labute approximate surface area is 167 Å². The fraction of sp³-hybridized carbons (Fsp3) is 0.409. The zero-order chi connectivity index (χ0) is 18.7. The third-order valence-corrected chi connectivity index (χ3v) is 6.03. The van der Waals surface area contributed by atoms with Crippen molar-refractivity contribution in [2.24, 2.45) is 5.41 Å². The van der Waals surface area contributed by atoms with E-state index in [2.05, 4.69) is 73.0 Å². The van der Waals surface area contributed by atoms with Gasteiger partial charge < -0.3 is 4.90 Å². The summed E-state index contributed by atoms with van der Waals surface area (Å²) in [6, 6.07) is 19.2. The molecule has 1 unspecified atom stereocenters. The molecule has 0 spiro atoms. The first-order valence-electron chi connectivity index (χ1n) is 9.20. The molecule has 0 saturated carbocycles. The van der Waals surface area contributed by atoms with Gasteiger partial charge in [-0.25, -0.2) is 0 Å². The van der Waals surface area contributed by atoms with Crippen molar-refractivity contribution in [2.45, 2.75) is 26.8 Å². The van der Waals surface area contributed by atoms with Crippen molar-refractivity contribution in [1.29, 1.82) is 0 Å². The summed E-state index contributed by atoms with van der Waals surface area (Å²) < 4.78 is 0. The highest BCUT2D eigenvalue weighted by Crippen LogP contribution is 2.31. The standard InChI is InChI=1S/C22H27ClN2S/c1-22(2,3)21(26)25-15-13-24(14-16-25)20(17-7-5-4-6-8-17)18-9-11-19(23)12-10-18/h4-12,20H,13-16H2,1-3H3. The van der Waals surface area contributed by atoms with Gasteiger partial charge in [-0.1, -0.05) is 87.1 Å². The monoisotopic (exact) mass is 386 g/mol. The molecule has 1 aliphatic heterocycles. The third-order valence-electron chi connectivity index (χ3n) is 4.91. The number of piperazine rings is 1. The van der Waals surface area contributed by atoms with Gasteiger partial charge in [0.05, 0.1) is 11.0 Å². The number of thiocarbonyl (C=S) groups is 1. The van der Waals surface area contributed by atoms with E-state index in [1.165, 1.54) is 11.1 Å². The number of benzene rings is 2. The van der Waals surface area contributed by atoms with Crippen molar-refractivity contribution in [2.75, 3.05) is 26.2 Å². The van der Waals surface area contributed by atoms with Gasteiger partial charge in [0.2, 0.25) is 0 Å². The lowest BCUT2D eigenvalue weighted by atomic mass is 9.94. The van der Waals surface area contributed by atoms with Gasteiger partial charge in [0.25, 0.3) is 0 Å². The Kier molecular flexibility index (Phi) is 6.01. The van der Waals surface area contributed by atoms with Gasteiger partial charge in [0.1, 0.15) is 0 Å². The van der Waals surface area contributed by atoms with Crippen LogP contribution in [0.2, 0.25) is 5.02 Å². The molecule has 0 aliphatic carbocycles. The molecule has 26 heavy (non-hydrogen) atoms. The van der Waals surface area contributed by atoms with Crippen LogP contribution in [0.4, 0.5) is 0 Å². The van der Waals surface area contributed by atoms with Gasteiger partial charge in [0.15, 0.2) is 0 Å². The van der Waals surface area contributed by atoms with Crippen LogP contribution in [-0.2, 0) is 0 Å². The summed E-state index contributed by atoms with van der Waals surface area (Å²) in [4.78, 5) is 6.00. The van der Waals surface area contributed by atoms with E-state index in [9.17, 15) is 0 Å². The Balaban J connectivity index is 1.81. The maximum Gasteiger partial charge on any atom is 0.0834 e. The predicted molar refractivity (Wildman–Crippen MR) is 115 cm³/mol. The zero-order valence-corrected chi connectivity index (χ0v) is 17.4. The van der Waals surface area contributed by atoms with Gasteiger partial charge in [-0.05, 0) is 23.3 Å². The van der Waals surface area contributed by atoms with Crippen LogP contribution in [0.1, 0.15) is 37.9 Å². The van der Waals surface area contributed by atoms with Crippen molar-refractivity contribution < 1.29 is 0 Å². The van der Waals surface area contributed by atoms with E-state index in [0.29, 0.717) is 0 Å². The van der Waals surface area contributed by atoms with Crippen LogP contribution in [-0.4, -0.2) is 41.0 Å². The first-order valence-corrected chi connectivity index (χ1v) is 9.99. The van der Waals surface area contributed by atoms with Crippen LogP contribution in [0.25, 0.3) is 0 Å². The van der Waals surface area contributed by atoms with Crippen LogP contribution in [0.15, 0.2) is 54.6 Å². The Morgan fingerprint density at radius 1 is 0.885 bits per heavy atom. The van der Waals surface area contributed by atoms with E-state index < -0.39 is 0 Å². The number of rotatable bonds is 3. The molecule has 0 N–H and O–H groups in total. The molecule has 1 heterocycles. The van der Waals surface area contributed by atoms with Gasteiger partial charge >= 0.3 is 0 Å². The minimum atomic E-state index is 0.0481. The van der Waals surface area contributed by atoms with Crippen LogP contribution >= 0.6 is 23.8 Å². The minimum absolute atomic E-state index is 0.0481. The molecule has 4 heteroatoms.